The van der Waals surface area contributed by atoms with Gasteiger partial charge in [-0.1, -0.05) is 12.1 Å². The molecule has 0 saturated carbocycles. The second-order valence-electron chi connectivity index (χ2n) is 5.49. The molecule has 0 amide bonds. The molecule has 1 atom stereocenters. The van der Waals surface area contributed by atoms with Gasteiger partial charge in [-0.2, -0.15) is 5.10 Å². The van der Waals surface area contributed by atoms with E-state index in [0.29, 0.717) is 12.6 Å². The molecule has 1 heterocycles. The fourth-order valence-electron chi connectivity index (χ4n) is 2.17. The number of hydrogen-bond acceptors (Lipinski definition) is 3. The average molecular weight is 287 g/mol. The minimum atomic E-state index is 0.556. The first-order valence-corrected chi connectivity index (χ1v) is 7.54. The van der Waals surface area contributed by atoms with E-state index in [1.54, 1.807) is 0 Å². The lowest BCUT2D eigenvalue weighted by Gasteiger charge is -2.10. The van der Waals surface area contributed by atoms with Gasteiger partial charge in [0.15, 0.2) is 0 Å². The zero-order valence-corrected chi connectivity index (χ0v) is 13.2. The van der Waals surface area contributed by atoms with Gasteiger partial charge in [0, 0.05) is 25.7 Å². The summed E-state index contributed by atoms with van der Waals surface area (Å²) < 4.78 is 7.59. The summed E-state index contributed by atoms with van der Waals surface area (Å²) in [6.07, 6.45) is 7.04. The molecule has 0 aliphatic rings. The summed E-state index contributed by atoms with van der Waals surface area (Å²) in [6, 6.07) is 8.98. The monoisotopic (exact) mass is 287 g/mol. The number of aryl methyl sites for hydroxylation is 2. The lowest BCUT2D eigenvalue weighted by atomic mass is 10.1. The summed E-state index contributed by atoms with van der Waals surface area (Å²) in [5, 5.41) is 7.41. The van der Waals surface area contributed by atoms with E-state index in [2.05, 4.69) is 41.6 Å². The Balaban J connectivity index is 1.74. The molecule has 0 saturated heterocycles. The quantitative estimate of drug-likeness (QED) is 0.811. The Morgan fingerprint density at radius 3 is 2.57 bits per heavy atom. The third-order valence-corrected chi connectivity index (χ3v) is 3.70. The Hall–Kier alpha value is -1.81. The van der Waals surface area contributed by atoms with Crippen molar-refractivity contribution in [3.05, 3.63) is 47.8 Å². The number of nitrogens with zero attached hydrogens (tertiary/aromatic N) is 2. The molecule has 0 fully saturated rings. The zero-order valence-electron chi connectivity index (χ0n) is 13.2. The maximum atomic E-state index is 5.77. The molecule has 1 aromatic carbocycles. The van der Waals surface area contributed by atoms with Crippen LogP contribution in [0.4, 0.5) is 0 Å². The number of rotatable bonds is 8. The molecule has 114 valence electrons. The molecular weight excluding hydrogens is 262 g/mol. The Labute approximate surface area is 127 Å². The van der Waals surface area contributed by atoms with Crippen molar-refractivity contribution in [3.63, 3.8) is 0 Å². The van der Waals surface area contributed by atoms with Crippen LogP contribution < -0.4 is 10.1 Å². The van der Waals surface area contributed by atoms with Crippen LogP contribution in [0, 0.1) is 0 Å². The molecule has 1 unspecified atom stereocenters. The normalized spacial score (nSPS) is 12.3. The molecule has 4 nitrogen and oxygen atoms in total. The van der Waals surface area contributed by atoms with Gasteiger partial charge in [0.05, 0.1) is 12.8 Å². The highest BCUT2D eigenvalue weighted by Gasteiger charge is 2.01. The minimum absolute atomic E-state index is 0.556. The third-order valence-electron chi connectivity index (χ3n) is 3.70. The van der Waals surface area contributed by atoms with E-state index < -0.39 is 0 Å². The second kappa shape index (κ2) is 7.84. The van der Waals surface area contributed by atoms with Crippen LogP contribution in [0.1, 0.15) is 24.5 Å². The first-order valence-electron chi connectivity index (χ1n) is 7.54. The van der Waals surface area contributed by atoms with E-state index in [9.17, 15) is 0 Å². The van der Waals surface area contributed by atoms with Crippen molar-refractivity contribution in [2.75, 3.05) is 13.7 Å². The van der Waals surface area contributed by atoms with E-state index in [-0.39, 0.29) is 0 Å². The van der Waals surface area contributed by atoms with Gasteiger partial charge in [0.2, 0.25) is 0 Å². The van der Waals surface area contributed by atoms with Crippen LogP contribution in [0.5, 0.6) is 5.75 Å². The van der Waals surface area contributed by atoms with E-state index in [1.807, 2.05) is 31.2 Å². The average Bonchev–Trinajstić information content (AvgIpc) is 2.91. The van der Waals surface area contributed by atoms with Crippen LogP contribution in [0.25, 0.3) is 0 Å². The van der Waals surface area contributed by atoms with Crippen molar-refractivity contribution >= 4 is 0 Å². The fourth-order valence-corrected chi connectivity index (χ4v) is 2.17. The second-order valence-corrected chi connectivity index (χ2v) is 5.49. The highest BCUT2D eigenvalue weighted by atomic mass is 16.5. The van der Waals surface area contributed by atoms with Crippen molar-refractivity contribution in [2.24, 2.45) is 7.05 Å². The van der Waals surface area contributed by atoms with E-state index in [0.717, 1.165) is 25.0 Å². The third kappa shape index (κ3) is 5.23. The van der Waals surface area contributed by atoms with Crippen LogP contribution in [-0.2, 0) is 19.9 Å². The number of aromatic nitrogens is 2. The summed E-state index contributed by atoms with van der Waals surface area (Å²) in [5.74, 6) is 0.935. The standard InChI is InChI=1S/C17H25N3O/c1-14(18-2)4-5-15-6-8-17(9-7-15)21-11-10-16-12-19-20(3)13-16/h6-9,12-14,18H,4-5,10-11H2,1-3H3. The van der Waals surface area contributed by atoms with Crippen molar-refractivity contribution in [1.29, 1.82) is 0 Å². The summed E-state index contributed by atoms with van der Waals surface area (Å²) in [7, 11) is 3.93. The van der Waals surface area contributed by atoms with E-state index in [4.69, 9.17) is 4.74 Å². The topological polar surface area (TPSA) is 39.1 Å². The maximum Gasteiger partial charge on any atom is 0.119 e. The molecule has 0 bridgehead atoms. The largest absolute Gasteiger partial charge is 0.493 e. The molecule has 1 aromatic heterocycles. The summed E-state index contributed by atoms with van der Waals surface area (Å²) in [5.41, 5.74) is 2.56. The zero-order chi connectivity index (χ0) is 15.1. The Bertz CT molecular complexity index is 533. The van der Waals surface area contributed by atoms with Crippen molar-refractivity contribution < 1.29 is 4.74 Å². The molecule has 0 aliphatic carbocycles. The molecular formula is C17H25N3O. The molecule has 0 spiro atoms. The smallest absolute Gasteiger partial charge is 0.119 e. The molecule has 2 rings (SSSR count). The van der Waals surface area contributed by atoms with Gasteiger partial charge in [-0.3, -0.25) is 4.68 Å². The van der Waals surface area contributed by atoms with Gasteiger partial charge in [-0.15, -0.1) is 0 Å². The SMILES string of the molecule is CNC(C)CCc1ccc(OCCc2cnn(C)c2)cc1. The van der Waals surface area contributed by atoms with Gasteiger partial charge < -0.3 is 10.1 Å². The first kappa shape index (κ1) is 15.6. The Morgan fingerprint density at radius 1 is 1.19 bits per heavy atom. The Kier molecular flexibility index (Phi) is 5.81. The van der Waals surface area contributed by atoms with Gasteiger partial charge in [0.1, 0.15) is 5.75 Å². The van der Waals surface area contributed by atoms with Crippen molar-refractivity contribution in [1.82, 2.24) is 15.1 Å². The predicted molar refractivity (Wildman–Crippen MR) is 85.7 cm³/mol. The molecule has 4 heteroatoms. The molecule has 21 heavy (non-hydrogen) atoms. The number of hydrogen-bond donors (Lipinski definition) is 1. The van der Waals surface area contributed by atoms with Crippen LogP contribution in [0.2, 0.25) is 0 Å². The van der Waals surface area contributed by atoms with Crippen molar-refractivity contribution in [3.8, 4) is 5.75 Å². The van der Waals surface area contributed by atoms with E-state index >= 15 is 0 Å². The molecule has 0 radical (unpaired) electrons. The van der Waals surface area contributed by atoms with Gasteiger partial charge in [-0.05, 0) is 50.1 Å². The number of ether oxygens (including phenoxy) is 1. The van der Waals surface area contributed by atoms with Gasteiger partial charge in [0.25, 0.3) is 0 Å². The van der Waals surface area contributed by atoms with Crippen LogP contribution in [-0.4, -0.2) is 29.5 Å². The predicted octanol–water partition coefficient (Wildman–Crippen LogP) is 2.58. The first-order chi connectivity index (χ1) is 10.2. The summed E-state index contributed by atoms with van der Waals surface area (Å²) in [6.45, 7) is 2.89. The van der Waals surface area contributed by atoms with Gasteiger partial charge >= 0.3 is 0 Å². The van der Waals surface area contributed by atoms with Gasteiger partial charge in [-0.25, -0.2) is 0 Å². The highest BCUT2D eigenvalue weighted by Crippen LogP contribution is 2.14. The fraction of sp³-hybridized carbons (Fsp3) is 0.471. The number of benzene rings is 1. The summed E-state index contributed by atoms with van der Waals surface area (Å²) in [4.78, 5) is 0. The molecule has 0 aliphatic heterocycles. The lowest BCUT2D eigenvalue weighted by molar-refractivity contribution is 0.322. The summed E-state index contributed by atoms with van der Waals surface area (Å²) >= 11 is 0. The van der Waals surface area contributed by atoms with Crippen LogP contribution in [0.15, 0.2) is 36.7 Å². The molecule has 2 aromatic rings. The van der Waals surface area contributed by atoms with E-state index in [1.165, 1.54) is 11.1 Å². The number of nitrogens with one attached hydrogen (secondary N) is 1. The maximum absolute atomic E-state index is 5.77. The molecule has 1 N–H and O–H groups in total. The highest BCUT2D eigenvalue weighted by molar-refractivity contribution is 5.27. The Morgan fingerprint density at radius 2 is 1.95 bits per heavy atom. The minimum Gasteiger partial charge on any atom is -0.493 e. The lowest BCUT2D eigenvalue weighted by Crippen LogP contribution is -2.21. The van der Waals surface area contributed by atoms with Crippen LogP contribution >= 0.6 is 0 Å². The van der Waals surface area contributed by atoms with Crippen molar-refractivity contribution in [2.45, 2.75) is 32.2 Å². The van der Waals surface area contributed by atoms with Crippen LogP contribution in [0.3, 0.4) is 0 Å².